The maximum absolute atomic E-state index is 12.5. The van der Waals surface area contributed by atoms with Crippen molar-refractivity contribution in [2.24, 2.45) is 0 Å². The minimum atomic E-state index is -0.619. The van der Waals surface area contributed by atoms with Gasteiger partial charge in [0.1, 0.15) is 0 Å². The van der Waals surface area contributed by atoms with E-state index in [1.807, 2.05) is 32.0 Å². The smallest absolute Gasteiger partial charge is 0.340 e. The standard InChI is InChI=1S/C22H24N2O4/c1-3-16-9-6-8-15(2)21(16)23-19(25)14-28-22(27)17-10-4-5-11-18(17)24-13-7-12-20(24)26/h4-6,8-11H,3,7,12-14H2,1-2H3,(H,23,25). The van der Waals surface area contributed by atoms with E-state index in [1.54, 1.807) is 29.2 Å². The fraction of sp³-hybridized carbons (Fsp3) is 0.318. The number of hydrogen-bond acceptors (Lipinski definition) is 4. The number of hydrogen-bond donors (Lipinski definition) is 1. The van der Waals surface area contributed by atoms with Crippen LogP contribution in [0.2, 0.25) is 0 Å². The number of carbonyl (C=O) groups is 3. The summed E-state index contributed by atoms with van der Waals surface area (Å²) >= 11 is 0. The van der Waals surface area contributed by atoms with Crippen LogP contribution in [0.15, 0.2) is 42.5 Å². The number of rotatable bonds is 6. The van der Waals surface area contributed by atoms with Crippen molar-refractivity contribution >= 4 is 29.2 Å². The van der Waals surface area contributed by atoms with Crippen molar-refractivity contribution in [1.82, 2.24) is 0 Å². The molecule has 0 aromatic heterocycles. The van der Waals surface area contributed by atoms with Crippen LogP contribution in [0.5, 0.6) is 0 Å². The predicted octanol–water partition coefficient (Wildman–Crippen LogP) is 3.48. The first-order valence-electron chi connectivity index (χ1n) is 9.46. The van der Waals surface area contributed by atoms with E-state index in [9.17, 15) is 14.4 Å². The van der Waals surface area contributed by atoms with E-state index in [0.717, 1.165) is 29.7 Å². The number of nitrogens with zero attached hydrogens (tertiary/aromatic N) is 1. The van der Waals surface area contributed by atoms with Crippen LogP contribution in [0.3, 0.4) is 0 Å². The van der Waals surface area contributed by atoms with Gasteiger partial charge in [0, 0.05) is 18.7 Å². The molecule has 6 nitrogen and oxygen atoms in total. The lowest BCUT2D eigenvalue weighted by Crippen LogP contribution is -2.27. The fourth-order valence-corrected chi connectivity index (χ4v) is 3.37. The average Bonchev–Trinajstić information content (AvgIpc) is 3.13. The van der Waals surface area contributed by atoms with Gasteiger partial charge in [-0.15, -0.1) is 0 Å². The van der Waals surface area contributed by atoms with Crippen LogP contribution in [0.4, 0.5) is 11.4 Å². The maximum atomic E-state index is 12.5. The Morgan fingerprint density at radius 1 is 1.14 bits per heavy atom. The summed E-state index contributed by atoms with van der Waals surface area (Å²) in [5, 5.41) is 2.83. The Morgan fingerprint density at radius 2 is 1.93 bits per heavy atom. The monoisotopic (exact) mass is 380 g/mol. The molecule has 0 atom stereocenters. The second-order valence-corrected chi connectivity index (χ2v) is 6.75. The summed E-state index contributed by atoms with van der Waals surface area (Å²) in [4.78, 5) is 38.5. The molecule has 0 bridgehead atoms. The highest BCUT2D eigenvalue weighted by Gasteiger charge is 2.26. The molecule has 0 saturated carbocycles. The number of esters is 1. The number of ether oxygens (including phenoxy) is 1. The largest absolute Gasteiger partial charge is 0.452 e. The summed E-state index contributed by atoms with van der Waals surface area (Å²) in [5.41, 5.74) is 3.56. The van der Waals surface area contributed by atoms with E-state index in [0.29, 0.717) is 18.7 Å². The first kappa shape index (κ1) is 19.6. The van der Waals surface area contributed by atoms with Gasteiger partial charge < -0.3 is 15.0 Å². The van der Waals surface area contributed by atoms with Crippen molar-refractivity contribution in [3.63, 3.8) is 0 Å². The second kappa shape index (κ2) is 8.69. The first-order valence-corrected chi connectivity index (χ1v) is 9.46. The molecular weight excluding hydrogens is 356 g/mol. The molecule has 1 aliphatic rings. The highest BCUT2D eigenvalue weighted by atomic mass is 16.5. The molecule has 6 heteroatoms. The summed E-state index contributed by atoms with van der Waals surface area (Å²) in [5.74, 6) is -1.03. The van der Waals surface area contributed by atoms with E-state index in [4.69, 9.17) is 4.74 Å². The van der Waals surface area contributed by atoms with Gasteiger partial charge in [-0.2, -0.15) is 0 Å². The van der Waals surface area contributed by atoms with E-state index in [2.05, 4.69) is 5.32 Å². The van der Waals surface area contributed by atoms with Crippen molar-refractivity contribution in [1.29, 1.82) is 0 Å². The average molecular weight is 380 g/mol. The van der Waals surface area contributed by atoms with Crippen molar-refractivity contribution in [3.8, 4) is 0 Å². The highest BCUT2D eigenvalue weighted by molar-refractivity contribution is 6.04. The molecule has 2 amide bonds. The molecule has 1 saturated heterocycles. The first-order chi connectivity index (χ1) is 13.5. The summed E-state index contributed by atoms with van der Waals surface area (Å²) < 4.78 is 5.22. The summed E-state index contributed by atoms with van der Waals surface area (Å²) in [6, 6.07) is 12.6. The van der Waals surface area contributed by atoms with E-state index in [1.165, 1.54) is 0 Å². The topological polar surface area (TPSA) is 75.7 Å². The van der Waals surface area contributed by atoms with Gasteiger partial charge in [0.05, 0.1) is 11.3 Å². The maximum Gasteiger partial charge on any atom is 0.340 e. The Hall–Kier alpha value is -3.15. The van der Waals surface area contributed by atoms with Gasteiger partial charge >= 0.3 is 5.97 Å². The minimum absolute atomic E-state index is 0.00959. The molecule has 0 aliphatic carbocycles. The summed E-state index contributed by atoms with van der Waals surface area (Å²) in [6.45, 7) is 4.13. The molecule has 3 rings (SSSR count). The number of anilines is 2. The summed E-state index contributed by atoms with van der Waals surface area (Å²) in [7, 11) is 0. The lowest BCUT2D eigenvalue weighted by Gasteiger charge is -2.19. The molecule has 1 N–H and O–H groups in total. The Bertz CT molecular complexity index is 907. The molecule has 1 fully saturated rings. The highest BCUT2D eigenvalue weighted by Crippen LogP contribution is 2.26. The lowest BCUT2D eigenvalue weighted by atomic mass is 10.1. The molecule has 2 aromatic rings. The van der Waals surface area contributed by atoms with Gasteiger partial charge in [-0.05, 0) is 43.0 Å². The predicted molar refractivity (Wildman–Crippen MR) is 107 cm³/mol. The molecule has 0 spiro atoms. The van der Waals surface area contributed by atoms with Gasteiger partial charge in [0.2, 0.25) is 5.91 Å². The fourth-order valence-electron chi connectivity index (χ4n) is 3.37. The van der Waals surface area contributed by atoms with Crippen LogP contribution in [0, 0.1) is 6.92 Å². The van der Waals surface area contributed by atoms with Gasteiger partial charge in [0.15, 0.2) is 6.61 Å². The normalized spacial score (nSPS) is 13.5. The SMILES string of the molecule is CCc1cccc(C)c1NC(=O)COC(=O)c1ccccc1N1CCCC1=O. The third kappa shape index (κ3) is 4.22. The second-order valence-electron chi connectivity index (χ2n) is 6.75. The Morgan fingerprint density at radius 3 is 2.64 bits per heavy atom. The van der Waals surface area contributed by atoms with Crippen LogP contribution in [0.25, 0.3) is 0 Å². The molecule has 0 unspecified atom stereocenters. The molecule has 1 heterocycles. The zero-order valence-electron chi connectivity index (χ0n) is 16.2. The molecule has 2 aromatic carbocycles. The van der Waals surface area contributed by atoms with Crippen molar-refractivity contribution < 1.29 is 19.1 Å². The number of aryl methyl sites for hydroxylation is 2. The van der Waals surface area contributed by atoms with Crippen LogP contribution in [-0.2, 0) is 20.7 Å². The summed E-state index contributed by atoms with van der Waals surface area (Å²) in [6.07, 6.45) is 2.02. The molecule has 28 heavy (non-hydrogen) atoms. The molecule has 0 radical (unpaired) electrons. The number of carbonyl (C=O) groups excluding carboxylic acids is 3. The number of nitrogens with one attached hydrogen (secondary N) is 1. The third-order valence-corrected chi connectivity index (χ3v) is 4.83. The van der Waals surface area contributed by atoms with Crippen LogP contribution in [-0.4, -0.2) is 30.9 Å². The minimum Gasteiger partial charge on any atom is -0.452 e. The van der Waals surface area contributed by atoms with Crippen LogP contribution < -0.4 is 10.2 Å². The van der Waals surface area contributed by atoms with E-state index >= 15 is 0 Å². The van der Waals surface area contributed by atoms with Gasteiger partial charge in [-0.3, -0.25) is 9.59 Å². The van der Waals surface area contributed by atoms with Crippen molar-refractivity contribution in [2.45, 2.75) is 33.1 Å². The molecule has 146 valence electrons. The van der Waals surface area contributed by atoms with Crippen LogP contribution in [0.1, 0.15) is 41.3 Å². The Kier molecular flexibility index (Phi) is 6.09. The van der Waals surface area contributed by atoms with Gasteiger partial charge in [-0.1, -0.05) is 37.3 Å². The van der Waals surface area contributed by atoms with E-state index in [-0.39, 0.29) is 11.5 Å². The lowest BCUT2D eigenvalue weighted by molar-refractivity contribution is -0.119. The number of benzene rings is 2. The third-order valence-electron chi connectivity index (χ3n) is 4.83. The van der Waals surface area contributed by atoms with Gasteiger partial charge in [-0.25, -0.2) is 4.79 Å². The quantitative estimate of drug-likeness (QED) is 0.779. The van der Waals surface area contributed by atoms with Crippen molar-refractivity contribution in [2.75, 3.05) is 23.4 Å². The van der Waals surface area contributed by atoms with Crippen molar-refractivity contribution in [3.05, 3.63) is 59.2 Å². The molecule has 1 aliphatic heterocycles. The number of amides is 2. The number of para-hydroxylation sites is 2. The zero-order chi connectivity index (χ0) is 20.1. The Balaban J connectivity index is 1.67. The van der Waals surface area contributed by atoms with Crippen LogP contribution >= 0.6 is 0 Å². The Labute approximate surface area is 164 Å². The zero-order valence-corrected chi connectivity index (χ0v) is 16.2. The molecular formula is C22H24N2O4. The van der Waals surface area contributed by atoms with Gasteiger partial charge in [0.25, 0.3) is 5.91 Å². The van der Waals surface area contributed by atoms with E-state index < -0.39 is 18.5 Å².